The van der Waals surface area contributed by atoms with E-state index in [1.165, 1.54) is 59.8 Å². The van der Waals surface area contributed by atoms with Crippen molar-refractivity contribution in [3.63, 3.8) is 0 Å². The monoisotopic (exact) mass is 585 g/mol. The third-order valence-corrected chi connectivity index (χ3v) is 9.52. The molecule has 46 heavy (non-hydrogen) atoms. The second kappa shape index (κ2) is 9.65. The number of rotatable bonds is 3. The SMILES string of the molecule is c1ccc(-c2ccc(-n3c4ccccc4c4cc5c6ccccc6n(-c6c7ccccc7cc7ccccc67)c5cc43)nc2)cc1. The van der Waals surface area contributed by atoms with Gasteiger partial charge in [0.25, 0.3) is 0 Å². The minimum Gasteiger partial charge on any atom is -0.308 e. The quantitative estimate of drug-likeness (QED) is 0.189. The van der Waals surface area contributed by atoms with E-state index in [0.29, 0.717) is 0 Å². The molecule has 0 aliphatic rings. The van der Waals surface area contributed by atoms with Crippen LogP contribution in [0.4, 0.5) is 0 Å². The second-order valence-corrected chi connectivity index (χ2v) is 12.0. The first-order valence-electron chi connectivity index (χ1n) is 15.7. The fraction of sp³-hybridized carbons (Fsp3) is 0. The maximum atomic E-state index is 5.04. The molecule has 0 N–H and O–H groups in total. The van der Waals surface area contributed by atoms with Crippen molar-refractivity contribution in [3.8, 4) is 22.6 Å². The number of fused-ring (bicyclic) bond motifs is 8. The molecule has 0 saturated carbocycles. The van der Waals surface area contributed by atoms with Gasteiger partial charge in [-0.15, -0.1) is 0 Å². The molecule has 0 atom stereocenters. The topological polar surface area (TPSA) is 22.8 Å². The minimum atomic E-state index is 0.906. The van der Waals surface area contributed by atoms with Crippen molar-refractivity contribution in [1.29, 1.82) is 0 Å². The van der Waals surface area contributed by atoms with Crippen LogP contribution in [0.3, 0.4) is 0 Å². The van der Waals surface area contributed by atoms with Crippen LogP contribution in [0, 0.1) is 0 Å². The van der Waals surface area contributed by atoms with Gasteiger partial charge in [-0.1, -0.05) is 115 Å². The molecule has 0 spiro atoms. The van der Waals surface area contributed by atoms with Gasteiger partial charge in [-0.2, -0.15) is 0 Å². The Kier molecular flexibility index (Phi) is 5.28. The average molecular weight is 586 g/mol. The lowest BCUT2D eigenvalue weighted by Gasteiger charge is -2.16. The smallest absolute Gasteiger partial charge is 0.137 e. The van der Waals surface area contributed by atoms with Crippen LogP contribution in [0.2, 0.25) is 0 Å². The van der Waals surface area contributed by atoms with Crippen molar-refractivity contribution in [2.45, 2.75) is 0 Å². The van der Waals surface area contributed by atoms with Crippen LogP contribution in [0.15, 0.2) is 164 Å². The first-order chi connectivity index (χ1) is 22.8. The lowest BCUT2D eigenvalue weighted by Crippen LogP contribution is -1.99. The molecule has 3 aromatic heterocycles. The Hall–Kier alpha value is -6.19. The molecule has 0 radical (unpaired) electrons. The summed E-state index contributed by atoms with van der Waals surface area (Å²) in [5.41, 5.74) is 8.16. The van der Waals surface area contributed by atoms with Gasteiger partial charge in [-0.25, -0.2) is 4.98 Å². The van der Waals surface area contributed by atoms with Crippen LogP contribution in [-0.4, -0.2) is 14.1 Å². The molecular formula is C43H27N3. The third kappa shape index (κ3) is 3.57. The summed E-state index contributed by atoms with van der Waals surface area (Å²) >= 11 is 0. The summed E-state index contributed by atoms with van der Waals surface area (Å²) in [7, 11) is 0. The van der Waals surface area contributed by atoms with Gasteiger partial charge in [0.05, 0.1) is 27.8 Å². The maximum Gasteiger partial charge on any atom is 0.137 e. The van der Waals surface area contributed by atoms with Gasteiger partial charge in [0.1, 0.15) is 5.82 Å². The largest absolute Gasteiger partial charge is 0.308 e. The molecule has 3 heterocycles. The number of benzene rings is 7. The van der Waals surface area contributed by atoms with Crippen LogP contribution in [0.25, 0.3) is 87.8 Å². The van der Waals surface area contributed by atoms with Crippen LogP contribution in [0.5, 0.6) is 0 Å². The number of hydrogen-bond acceptors (Lipinski definition) is 1. The summed E-state index contributed by atoms with van der Waals surface area (Å²) in [6.45, 7) is 0. The average Bonchev–Trinajstić information content (AvgIpc) is 3.62. The van der Waals surface area contributed by atoms with Crippen molar-refractivity contribution in [2.75, 3.05) is 0 Å². The first kappa shape index (κ1) is 25.2. The van der Waals surface area contributed by atoms with E-state index in [-0.39, 0.29) is 0 Å². The summed E-state index contributed by atoms with van der Waals surface area (Å²) in [5.74, 6) is 0.906. The molecule has 0 fully saturated rings. The first-order valence-corrected chi connectivity index (χ1v) is 15.7. The molecule has 3 nitrogen and oxygen atoms in total. The Labute approximate surface area is 265 Å². The van der Waals surface area contributed by atoms with Crippen molar-refractivity contribution in [1.82, 2.24) is 14.1 Å². The zero-order chi connectivity index (χ0) is 30.2. The molecule has 0 aliphatic carbocycles. The number of pyridine rings is 1. The minimum absolute atomic E-state index is 0.906. The van der Waals surface area contributed by atoms with Gasteiger partial charge in [-0.05, 0) is 58.8 Å². The van der Waals surface area contributed by atoms with E-state index in [2.05, 4.69) is 161 Å². The lowest BCUT2D eigenvalue weighted by molar-refractivity contribution is 1.08. The molecule has 0 amide bonds. The van der Waals surface area contributed by atoms with Gasteiger partial charge in [0, 0.05) is 44.1 Å². The van der Waals surface area contributed by atoms with E-state index in [1.54, 1.807) is 0 Å². The molecule has 10 rings (SSSR count). The zero-order valence-electron chi connectivity index (χ0n) is 24.9. The Morgan fingerprint density at radius 3 is 1.52 bits per heavy atom. The summed E-state index contributed by atoms with van der Waals surface area (Å²) in [5, 5.41) is 9.89. The van der Waals surface area contributed by atoms with Gasteiger partial charge in [0.15, 0.2) is 0 Å². The van der Waals surface area contributed by atoms with Gasteiger partial charge < -0.3 is 4.57 Å². The Morgan fingerprint density at radius 1 is 0.348 bits per heavy atom. The lowest BCUT2D eigenvalue weighted by atomic mass is 10.0. The highest BCUT2D eigenvalue weighted by Gasteiger charge is 2.20. The molecule has 10 aromatic rings. The summed E-state index contributed by atoms with van der Waals surface area (Å²) < 4.78 is 4.81. The molecular weight excluding hydrogens is 558 g/mol. The van der Waals surface area contributed by atoms with Crippen molar-refractivity contribution in [3.05, 3.63) is 164 Å². The van der Waals surface area contributed by atoms with Gasteiger partial charge >= 0.3 is 0 Å². The number of nitrogens with zero attached hydrogens (tertiary/aromatic N) is 3. The van der Waals surface area contributed by atoms with E-state index in [0.717, 1.165) is 28.0 Å². The van der Waals surface area contributed by atoms with E-state index in [4.69, 9.17) is 4.98 Å². The zero-order valence-corrected chi connectivity index (χ0v) is 24.9. The molecule has 0 saturated heterocycles. The van der Waals surface area contributed by atoms with Crippen LogP contribution < -0.4 is 0 Å². The predicted molar refractivity (Wildman–Crippen MR) is 193 cm³/mol. The standard InChI is InChI=1S/C43H27N3/c1-2-12-28(13-3-1)31-22-23-42(44-27-31)45-38-20-10-8-18-34(38)36-25-37-35-19-9-11-21-39(35)46(41(37)26-40(36)45)43-32-16-6-4-14-29(32)24-30-15-5-7-17-33(30)43/h1-27H. The Morgan fingerprint density at radius 2 is 0.891 bits per heavy atom. The van der Waals surface area contributed by atoms with E-state index in [9.17, 15) is 0 Å². The molecule has 0 aliphatic heterocycles. The number of hydrogen-bond donors (Lipinski definition) is 0. The van der Waals surface area contributed by atoms with Crippen molar-refractivity contribution < 1.29 is 0 Å². The fourth-order valence-corrected chi connectivity index (χ4v) is 7.47. The second-order valence-electron chi connectivity index (χ2n) is 12.0. The molecule has 0 unspecified atom stereocenters. The third-order valence-electron chi connectivity index (χ3n) is 9.52. The highest BCUT2D eigenvalue weighted by molar-refractivity contribution is 6.20. The van der Waals surface area contributed by atoms with Crippen LogP contribution in [-0.2, 0) is 0 Å². The fourth-order valence-electron chi connectivity index (χ4n) is 7.47. The molecule has 0 bridgehead atoms. The highest BCUT2D eigenvalue weighted by atomic mass is 15.1. The van der Waals surface area contributed by atoms with E-state index >= 15 is 0 Å². The Balaban J connectivity index is 1.34. The van der Waals surface area contributed by atoms with Crippen molar-refractivity contribution in [2.24, 2.45) is 0 Å². The molecule has 214 valence electrons. The van der Waals surface area contributed by atoms with Crippen LogP contribution in [0.1, 0.15) is 0 Å². The summed E-state index contributed by atoms with van der Waals surface area (Å²) in [6, 6.07) is 56.9. The summed E-state index contributed by atoms with van der Waals surface area (Å²) in [6.07, 6.45) is 1.99. The van der Waals surface area contributed by atoms with Crippen molar-refractivity contribution >= 4 is 65.2 Å². The normalized spacial score (nSPS) is 11.9. The van der Waals surface area contributed by atoms with E-state index < -0.39 is 0 Å². The molecule has 3 heteroatoms. The Bertz CT molecular complexity index is 2730. The van der Waals surface area contributed by atoms with Crippen LogP contribution >= 0.6 is 0 Å². The van der Waals surface area contributed by atoms with Gasteiger partial charge in [-0.3, -0.25) is 4.57 Å². The predicted octanol–water partition coefficient (Wildman–Crippen LogP) is 11.2. The maximum absolute atomic E-state index is 5.04. The van der Waals surface area contributed by atoms with E-state index in [1.807, 2.05) is 12.3 Å². The molecule has 7 aromatic carbocycles. The number of aromatic nitrogens is 3. The van der Waals surface area contributed by atoms with Gasteiger partial charge in [0.2, 0.25) is 0 Å². The highest BCUT2D eigenvalue weighted by Crippen LogP contribution is 2.42. The number of para-hydroxylation sites is 2. The summed E-state index contributed by atoms with van der Waals surface area (Å²) in [4.78, 5) is 5.04.